The van der Waals surface area contributed by atoms with Gasteiger partial charge >= 0.3 is 0 Å². The van der Waals surface area contributed by atoms with Crippen molar-refractivity contribution in [1.82, 2.24) is 4.90 Å². The van der Waals surface area contributed by atoms with Crippen LogP contribution in [0.15, 0.2) is 63.4 Å². The van der Waals surface area contributed by atoms with Crippen LogP contribution in [0.25, 0.3) is 0 Å². The zero-order valence-electron chi connectivity index (χ0n) is 12.9. The standard InChI is InChI=1S/C17H16N2OS3/c1-3-19-16(20)14(23-17(19)21)10-6-7-11-15-18(2)12-8-4-5-9-13(12)22-15/h4-11H,3H2,1-2H3/b7-6+,14-10+,15-11-. The van der Waals surface area contributed by atoms with E-state index in [-0.39, 0.29) is 5.91 Å². The minimum Gasteiger partial charge on any atom is -0.338 e. The van der Waals surface area contributed by atoms with E-state index in [1.807, 2.05) is 37.3 Å². The molecule has 2 heterocycles. The molecule has 118 valence electrons. The van der Waals surface area contributed by atoms with Crippen LogP contribution < -0.4 is 4.90 Å². The highest BCUT2D eigenvalue weighted by molar-refractivity contribution is 8.26. The molecule has 0 aliphatic carbocycles. The number of amides is 1. The summed E-state index contributed by atoms with van der Waals surface area (Å²) in [5, 5.41) is 1.16. The number of likely N-dealkylation sites (N-methyl/N-ethyl adjacent to an activating group) is 1. The maximum Gasteiger partial charge on any atom is 0.266 e. The monoisotopic (exact) mass is 360 g/mol. The molecule has 0 spiro atoms. The van der Waals surface area contributed by atoms with Crippen molar-refractivity contribution in [2.75, 3.05) is 18.5 Å². The lowest BCUT2D eigenvalue weighted by Crippen LogP contribution is -2.27. The Hall–Kier alpha value is -1.50. The lowest BCUT2D eigenvalue weighted by Gasteiger charge is -2.12. The molecule has 1 fully saturated rings. The van der Waals surface area contributed by atoms with Gasteiger partial charge in [-0.25, -0.2) is 0 Å². The number of thioether (sulfide) groups is 2. The number of rotatable bonds is 3. The topological polar surface area (TPSA) is 23.6 Å². The van der Waals surface area contributed by atoms with Gasteiger partial charge in [0.1, 0.15) is 4.32 Å². The van der Waals surface area contributed by atoms with E-state index in [4.69, 9.17) is 12.2 Å². The van der Waals surface area contributed by atoms with E-state index in [0.29, 0.717) is 15.8 Å². The fourth-order valence-electron chi connectivity index (χ4n) is 2.33. The molecule has 0 atom stereocenters. The first-order valence-electron chi connectivity index (χ1n) is 7.24. The van der Waals surface area contributed by atoms with Crippen LogP contribution in [0.2, 0.25) is 0 Å². The molecule has 2 aliphatic heterocycles. The molecular formula is C17H16N2OS3. The largest absolute Gasteiger partial charge is 0.338 e. The zero-order valence-corrected chi connectivity index (χ0v) is 15.3. The third kappa shape index (κ3) is 3.24. The summed E-state index contributed by atoms with van der Waals surface area (Å²) in [6.45, 7) is 2.55. The molecule has 1 saturated heterocycles. The van der Waals surface area contributed by atoms with Crippen LogP contribution in [0.1, 0.15) is 6.92 Å². The molecule has 23 heavy (non-hydrogen) atoms. The van der Waals surface area contributed by atoms with Crippen molar-refractivity contribution in [3.63, 3.8) is 0 Å². The molecule has 0 radical (unpaired) electrons. The summed E-state index contributed by atoms with van der Waals surface area (Å²) in [7, 11) is 2.06. The molecule has 2 aliphatic rings. The first-order chi connectivity index (χ1) is 11.1. The Bertz CT molecular complexity index is 752. The van der Waals surface area contributed by atoms with Gasteiger partial charge in [-0.15, -0.1) is 0 Å². The molecule has 3 rings (SSSR count). The molecule has 0 saturated carbocycles. The number of anilines is 1. The second-order valence-electron chi connectivity index (χ2n) is 4.97. The number of fused-ring (bicyclic) bond motifs is 1. The van der Waals surface area contributed by atoms with Crippen LogP contribution in [0.4, 0.5) is 5.69 Å². The zero-order chi connectivity index (χ0) is 16.4. The van der Waals surface area contributed by atoms with Crippen LogP contribution in [-0.2, 0) is 4.79 Å². The summed E-state index contributed by atoms with van der Waals surface area (Å²) >= 11 is 8.30. The molecule has 1 aromatic rings. The molecule has 0 aromatic heterocycles. The van der Waals surface area contributed by atoms with Crippen LogP contribution in [0.5, 0.6) is 0 Å². The summed E-state index contributed by atoms with van der Waals surface area (Å²) in [5.41, 5.74) is 1.22. The number of nitrogens with zero attached hydrogens (tertiary/aromatic N) is 2. The Balaban J connectivity index is 1.70. The summed E-state index contributed by atoms with van der Waals surface area (Å²) < 4.78 is 0.636. The molecular weight excluding hydrogens is 344 g/mol. The molecule has 1 aromatic carbocycles. The van der Waals surface area contributed by atoms with Gasteiger partial charge in [0.05, 0.1) is 15.6 Å². The smallest absolute Gasteiger partial charge is 0.266 e. The van der Waals surface area contributed by atoms with Gasteiger partial charge in [0.15, 0.2) is 0 Å². The summed E-state index contributed by atoms with van der Waals surface area (Å²) in [5.74, 6) is -0.000400. The molecule has 0 unspecified atom stereocenters. The van der Waals surface area contributed by atoms with Gasteiger partial charge < -0.3 is 4.90 Å². The lowest BCUT2D eigenvalue weighted by atomic mass is 10.3. The highest BCUT2D eigenvalue weighted by Crippen LogP contribution is 2.44. The van der Waals surface area contributed by atoms with Crippen molar-refractivity contribution in [3.05, 3.63) is 58.5 Å². The number of thiocarbonyl (C=S) groups is 1. The SMILES string of the molecule is CCN1C(=O)\C(=C/C=C/C=C2\Sc3ccccc3N2C)SC1=S. The van der Waals surface area contributed by atoms with Gasteiger partial charge in [-0.1, -0.05) is 60.0 Å². The summed E-state index contributed by atoms with van der Waals surface area (Å²) in [4.78, 5) is 17.8. The molecule has 6 heteroatoms. The highest BCUT2D eigenvalue weighted by Gasteiger charge is 2.30. The summed E-state index contributed by atoms with van der Waals surface area (Å²) in [6, 6.07) is 8.33. The predicted octanol–water partition coefficient (Wildman–Crippen LogP) is 4.39. The Labute approximate surface area is 150 Å². The second-order valence-corrected chi connectivity index (χ2v) is 7.70. The van der Waals surface area contributed by atoms with Crippen molar-refractivity contribution >= 4 is 51.7 Å². The van der Waals surface area contributed by atoms with E-state index >= 15 is 0 Å². The minimum absolute atomic E-state index is 0.000400. The number of hydrogen-bond acceptors (Lipinski definition) is 5. The van der Waals surface area contributed by atoms with Gasteiger partial charge in [-0.05, 0) is 31.2 Å². The number of allylic oxidation sites excluding steroid dienone is 4. The third-order valence-electron chi connectivity index (χ3n) is 3.56. The number of hydrogen-bond donors (Lipinski definition) is 0. The van der Waals surface area contributed by atoms with Crippen LogP contribution in [0, 0.1) is 0 Å². The van der Waals surface area contributed by atoms with Crippen molar-refractivity contribution in [2.45, 2.75) is 11.8 Å². The highest BCUT2D eigenvalue weighted by atomic mass is 32.2. The molecule has 1 amide bonds. The quantitative estimate of drug-likeness (QED) is 0.588. The third-order valence-corrected chi connectivity index (χ3v) is 6.14. The first kappa shape index (κ1) is 16.4. The fourth-order valence-corrected chi connectivity index (χ4v) is 4.73. The Morgan fingerprint density at radius 1 is 1.17 bits per heavy atom. The minimum atomic E-state index is -0.000400. The second kappa shape index (κ2) is 6.95. The number of carbonyl (C=O) groups is 1. The maximum absolute atomic E-state index is 12.1. The molecule has 3 nitrogen and oxygen atoms in total. The van der Waals surface area contributed by atoms with Crippen molar-refractivity contribution < 1.29 is 4.79 Å². The average molecular weight is 361 g/mol. The number of para-hydroxylation sites is 1. The Morgan fingerprint density at radius 3 is 2.61 bits per heavy atom. The van der Waals surface area contributed by atoms with Crippen LogP contribution >= 0.6 is 35.7 Å². The predicted molar refractivity (Wildman–Crippen MR) is 104 cm³/mol. The van der Waals surface area contributed by atoms with Crippen molar-refractivity contribution in [3.8, 4) is 0 Å². The van der Waals surface area contributed by atoms with Crippen molar-refractivity contribution in [2.24, 2.45) is 0 Å². The molecule has 0 bridgehead atoms. The van der Waals surface area contributed by atoms with E-state index in [1.54, 1.807) is 16.7 Å². The van der Waals surface area contributed by atoms with Gasteiger partial charge in [0, 0.05) is 18.5 Å². The Kier molecular flexibility index (Phi) is 4.94. The van der Waals surface area contributed by atoms with Gasteiger partial charge in [0.2, 0.25) is 0 Å². The first-order valence-corrected chi connectivity index (χ1v) is 9.29. The van der Waals surface area contributed by atoms with Gasteiger partial charge in [-0.3, -0.25) is 9.69 Å². The van der Waals surface area contributed by atoms with E-state index in [0.717, 1.165) is 5.03 Å². The van der Waals surface area contributed by atoms with E-state index in [2.05, 4.69) is 30.2 Å². The molecule has 0 N–H and O–H groups in total. The fraction of sp³-hybridized carbons (Fsp3) is 0.176. The summed E-state index contributed by atoms with van der Waals surface area (Å²) in [6.07, 6.45) is 7.75. The van der Waals surface area contributed by atoms with Crippen molar-refractivity contribution in [1.29, 1.82) is 0 Å². The van der Waals surface area contributed by atoms with Gasteiger partial charge in [0.25, 0.3) is 5.91 Å². The number of carbonyl (C=O) groups excluding carboxylic acids is 1. The van der Waals surface area contributed by atoms with Gasteiger partial charge in [-0.2, -0.15) is 0 Å². The van der Waals surface area contributed by atoms with Crippen LogP contribution in [0.3, 0.4) is 0 Å². The van der Waals surface area contributed by atoms with Crippen LogP contribution in [-0.4, -0.2) is 28.7 Å². The maximum atomic E-state index is 12.1. The average Bonchev–Trinajstić information content (AvgIpc) is 3.01. The Morgan fingerprint density at radius 2 is 1.91 bits per heavy atom. The number of benzene rings is 1. The van der Waals surface area contributed by atoms with E-state index < -0.39 is 0 Å². The lowest BCUT2D eigenvalue weighted by molar-refractivity contribution is -0.122. The van der Waals surface area contributed by atoms with E-state index in [1.165, 1.54) is 22.3 Å². The normalized spacial score (nSPS) is 21.3. The van der Waals surface area contributed by atoms with E-state index in [9.17, 15) is 4.79 Å².